The van der Waals surface area contributed by atoms with Gasteiger partial charge in [0.25, 0.3) is 0 Å². The highest BCUT2D eigenvalue weighted by Crippen LogP contribution is 2.19. The van der Waals surface area contributed by atoms with Gasteiger partial charge in [0.05, 0.1) is 6.10 Å². The third-order valence-corrected chi connectivity index (χ3v) is 3.14. The van der Waals surface area contributed by atoms with E-state index in [4.69, 9.17) is 5.73 Å². The second-order valence-corrected chi connectivity index (χ2v) is 4.58. The molecule has 0 spiro atoms. The molecule has 1 aromatic carbocycles. The van der Waals surface area contributed by atoms with Crippen molar-refractivity contribution in [1.82, 2.24) is 10.2 Å². The molecule has 4 N–H and O–H groups in total. The number of benzene rings is 1. The van der Waals surface area contributed by atoms with Gasteiger partial charge in [0.15, 0.2) is 0 Å². The Kier molecular flexibility index (Phi) is 4.01. The van der Waals surface area contributed by atoms with Gasteiger partial charge in [0.1, 0.15) is 6.04 Å². The Hall–Kier alpha value is -2.08. The van der Waals surface area contributed by atoms with Crippen LogP contribution in [-0.4, -0.2) is 41.1 Å². The zero-order chi connectivity index (χ0) is 13.8. The van der Waals surface area contributed by atoms with Crippen molar-refractivity contribution in [2.24, 2.45) is 5.73 Å². The molecule has 1 aliphatic rings. The van der Waals surface area contributed by atoms with Crippen LogP contribution in [0.5, 0.6) is 0 Å². The molecule has 1 saturated heterocycles. The van der Waals surface area contributed by atoms with E-state index in [0.29, 0.717) is 25.1 Å². The van der Waals surface area contributed by atoms with Crippen molar-refractivity contribution in [3.8, 4) is 0 Å². The van der Waals surface area contributed by atoms with Crippen molar-refractivity contribution in [3.05, 3.63) is 35.9 Å². The first-order valence-corrected chi connectivity index (χ1v) is 6.15. The molecule has 6 heteroatoms. The van der Waals surface area contributed by atoms with Crippen LogP contribution < -0.4 is 11.1 Å². The van der Waals surface area contributed by atoms with E-state index < -0.39 is 18.2 Å². The maximum absolute atomic E-state index is 12.4. The molecule has 1 fully saturated rings. The summed E-state index contributed by atoms with van der Waals surface area (Å²) in [6.07, 6.45) is 0.0676. The lowest BCUT2D eigenvalue weighted by Crippen LogP contribution is -2.44. The number of β-amino-alcohol motifs (C(OH)–C–C–N with tert-alkyl or cyclic N) is 1. The van der Waals surface area contributed by atoms with Gasteiger partial charge in [-0.2, -0.15) is 0 Å². The molecule has 0 aliphatic carbocycles. The number of hydrogen-bond donors (Lipinski definition) is 3. The summed E-state index contributed by atoms with van der Waals surface area (Å²) in [6.45, 7) is 0.784. The zero-order valence-corrected chi connectivity index (χ0v) is 10.5. The van der Waals surface area contributed by atoms with E-state index in [1.54, 1.807) is 24.3 Å². The number of aliphatic hydroxyl groups excluding tert-OH is 1. The van der Waals surface area contributed by atoms with Crippen molar-refractivity contribution in [1.29, 1.82) is 0 Å². The molecule has 1 aliphatic heterocycles. The molecule has 0 aromatic heterocycles. The predicted octanol–water partition coefficient (Wildman–Crippen LogP) is -0.0108. The van der Waals surface area contributed by atoms with E-state index in [1.807, 2.05) is 6.07 Å². The standard InChI is InChI=1S/C13H17N3O3/c14-13(19)15-11(9-4-2-1-3-5-9)12(18)16-7-6-10(17)8-16/h1-5,10-11,17H,6-8H2,(H3,14,15,19). The summed E-state index contributed by atoms with van der Waals surface area (Å²) in [6, 6.07) is 7.37. The quantitative estimate of drug-likeness (QED) is 0.715. The molecular formula is C13H17N3O3. The van der Waals surface area contributed by atoms with Crippen LogP contribution in [0.2, 0.25) is 0 Å². The van der Waals surface area contributed by atoms with Gasteiger partial charge in [-0.15, -0.1) is 0 Å². The van der Waals surface area contributed by atoms with E-state index in [9.17, 15) is 14.7 Å². The summed E-state index contributed by atoms with van der Waals surface area (Å²) in [5.41, 5.74) is 5.80. The van der Waals surface area contributed by atoms with Gasteiger partial charge < -0.3 is 21.1 Å². The van der Waals surface area contributed by atoms with Crippen molar-refractivity contribution in [3.63, 3.8) is 0 Å². The van der Waals surface area contributed by atoms with E-state index >= 15 is 0 Å². The molecule has 3 amide bonds. The van der Waals surface area contributed by atoms with Crippen molar-refractivity contribution in [2.45, 2.75) is 18.6 Å². The summed E-state index contributed by atoms with van der Waals surface area (Å²) >= 11 is 0. The summed E-state index contributed by atoms with van der Waals surface area (Å²) < 4.78 is 0. The van der Waals surface area contributed by atoms with Gasteiger partial charge in [0, 0.05) is 13.1 Å². The highest BCUT2D eigenvalue weighted by molar-refractivity contribution is 5.87. The summed E-state index contributed by atoms with van der Waals surface area (Å²) in [5, 5.41) is 11.9. The van der Waals surface area contributed by atoms with Crippen LogP contribution in [-0.2, 0) is 4.79 Å². The number of amides is 3. The summed E-state index contributed by atoms with van der Waals surface area (Å²) in [7, 11) is 0. The van der Waals surface area contributed by atoms with Crippen LogP contribution in [0.25, 0.3) is 0 Å². The van der Waals surface area contributed by atoms with Gasteiger partial charge in [0.2, 0.25) is 5.91 Å². The van der Waals surface area contributed by atoms with Gasteiger partial charge >= 0.3 is 6.03 Å². The highest BCUT2D eigenvalue weighted by atomic mass is 16.3. The lowest BCUT2D eigenvalue weighted by Gasteiger charge is -2.23. The SMILES string of the molecule is NC(=O)NC(C(=O)N1CCC(O)C1)c1ccccc1. The number of urea groups is 1. The van der Waals surface area contributed by atoms with E-state index in [0.717, 1.165) is 0 Å². The van der Waals surface area contributed by atoms with Gasteiger partial charge in [-0.25, -0.2) is 4.79 Å². The van der Waals surface area contributed by atoms with Crippen molar-refractivity contribution in [2.75, 3.05) is 13.1 Å². The monoisotopic (exact) mass is 263 g/mol. The second kappa shape index (κ2) is 5.71. The van der Waals surface area contributed by atoms with Crippen LogP contribution >= 0.6 is 0 Å². The number of primary amides is 1. The number of nitrogens with one attached hydrogen (secondary N) is 1. The second-order valence-electron chi connectivity index (χ2n) is 4.58. The molecule has 0 saturated carbocycles. The fourth-order valence-electron chi connectivity index (χ4n) is 2.20. The van der Waals surface area contributed by atoms with E-state index in [2.05, 4.69) is 5.32 Å². The first-order valence-electron chi connectivity index (χ1n) is 6.15. The smallest absolute Gasteiger partial charge is 0.313 e. The number of carbonyl (C=O) groups excluding carboxylic acids is 2. The topological polar surface area (TPSA) is 95.7 Å². The minimum Gasteiger partial charge on any atom is -0.391 e. The number of carbonyl (C=O) groups is 2. The Bertz CT molecular complexity index is 463. The van der Waals surface area contributed by atoms with Crippen LogP contribution in [0.3, 0.4) is 0 Å². The van der Waals surface area contributed by atoms with Gasteiger partial charge in [-0.1, -0.05) is 30.3 Å². The van der Waals surface area contributed by atoms with Crippen LogP contribution in [0, 0.1) is 0 Å². The summed E-state index contributed by atoms with van der Waals surface area (Å²) in [4.78, 5) is 25.0. The molecule has 2 unspecified atom stereocenters. The lowest BCUT2D eigenvalue weighted by molar-refractivity contribution is -0.132. The molecule has 19 heavy (non-hydrogen) atoms. The molecular weight excluding hydrogens is 246 g/mol. The number of nitrogens with zero attached hydrogens (tertiary/aromatic N) is 1. The molecule has 0 radical (unpaired) electrons. The minimum absolute atomic E-state index is 0.249. The molecule has 1 heterocycles. The third-order valence-electron chi connectivity index (χ3n) is 3.14. The minimum atomic E-state index is -0.802. The number of hydrogen-bond acceptors (Lipinski definition) is 3. The Balaban J connectivity index is 2.18. The maximum Gasteiger partial charge on any atom is 0.313 e. The predicted molar refractivity (Wildman–Crippen MR) is 69.1 cm³/mol. The molecule has 102 valence electrons. The molecule has 0 bridgehead atoms. The third kappa shape index (κ3) is 3.23. The fraction of sp³-hybridized carbons (Fsp3) is 0.385. The number of rotatable bonds is 3. The van der Waals surface area contributed by atoms with Crippen LogP contribution in [0.15, 0.2) is 30.3 Å². The Morgan fingerprint density at radius 1 is 1.37 bits per heavy atom. The highest BCUT2D eigenvalue weighted by Gasteiger charge is 2.31. The van der Waals surface area contributed by atoms with Gasteiger partial charge in [-0.3, -0.25) is 4.79 Å². The summed E-state index contributed by atoms with van der Waals surface area (Å²) in [5.74, 6) is -0.249. The van der Waals surface area contributed by atoms with Crippen molar-refractivity contribution >= 4 is 11.9 Å². The van der Waals surface area contributed by atoms with Crippen molar-refractivity contribution < 1.29 is 14.7 Å². The Morgan fingerprint density at radius 3 is 2.58 bits per heavy atom. The number of nitrogens with two attached hydrogens (primary N) is 1. The Labute approximate surface area is 111 Å². The largest absolute Gasteiger partial charge is 0.391 e. The van der Waals surface area contributed by atoms with E-state index in [-0.39, 0.29) is 5.91 Å². The van der Waals surface area contributed by atoms with Crippen LogP contribution in [0.1, 0.15) is 18.0 Å². The number of likely N-dealkylation sites (tertiary alicyclic amines) is 1. The maximum atomic E-state index is 12.4. The fourth-order valence-corrected chi connectivity index (χ4v) is 2.20. The van der Waals surface area contributed by atoms with E-state index in [1.165, 1.54) is 4.90 Å². The first-order chi connectivity index (χ1) is 9.08. The average molecular weight is 263 g/mol. The number of aliphatic hydroxyl groups is 1. The Morgan fingerprint density at radius 2 is 2.05 bits per heavy atom. The average Bonchev–Trinajstić information content (AvgIpc) is 2.83. The lowest BCUT2D eigenvalue weighted by atomic mass is 10.1. The normalized spacial score (nSPS) is 20.1. The molecule has 6 nitrogen and oxygen atoms in total. The first kappa shape index (κ1) is 13.4. The van der Waals surface area contributed by atoms with Crippen LogP contribution in [0.4, 0.5) is 4.79 Å². The van der Waals surface area contributed by atoms with Gasteiger partial charge in [-0.05, 0) is 12.0 Å². The molecule has 1 aromatic rings. The molecule has 2 rings (SSSR count). The zero-order valence-electron chi connectivity index (χ0n) is 10.5. The molecule has 2 atom stereocenters.